The highest BCUT2D eigenvalue weighted by molar-refractivity contribution is 5.64. The van der Waals surface area contributed by atoms with E-state index in [0.717, 1.165) is 22.3 Å². The predicted molar refractivity (Wildman–Crippen MR) is 65.4 cm³/mol. The molecule has 0 saturated heterocycles. The van der Waals surface area contributed by atoms with Gasteiger partial charge in [-0.2, -0.15) is 4.98 Å². The highest BCUT2D eigenvalue weighted by Gasteiger charge is 2.03. The molecule has 5 nitrogen and oxygen atoms in total. The molecule has 0 radical (unpaired) electrons. The summed E-state index contributed by atoms with van der Waals surface area (Å²) >= 11 is 0. The summed E-state index contributed by atoms with van der Waals surface area (Å²) in [6, 6.07) is 5.95. The van der Waals surface area contributed by atoms with Gasteiger partial charge in [-0.05, 0) is 30.7 Å². The Kier molecular flexibility index (Phi) is 2.04. The highest BCUT2D eigenvalue weighted by atomic mass is 15.3. The molecular weight excluding hydrogens is 214 g/mol. The maximum atomic E-state index is 5.55. The summed E-state index contributed by atoms with van der Waals surface area (Å²) in [5.74, 6) is 0.282. The first-order valence-electron chi connectivity index (χ1n) is 5.26. The fraction of sp³-hybridized carbons (Fsp3) is 0.0833. The van der Waals surface area contributed by atoms with E-state index in [1.807, 2.05) is 37.6 Å². The first kappa shape index (κ1) is 9.77. The van der Waals surface area contributed by atoms with E-state index in [0.29, 0.717) is 0 Å². The zero-order chi connectivity index (χ0) is 11.8. The Bertz CT molecular complexity index is 686. The third-order valence-electron chi connectivity index (χ3n) is 2.56. The van der Waals surface area contributed by atoms with Crippen LogP contribution in [-0.4, -0.2) is 19.6 Å². The number of fused-ring (bicyclic) bond motifs is 1. The Balaban J connectivity index is 2.17. The molecule has 0 atom stereocenters. The number of nitrogens with two attached hydrogens (primary N) is 1. The van der Waals surface area contributed by atoms with Crippen molar-refractivity contribution in [3.63, 3.8) is 0 Å². The molecule has 0 aliphatic rings. The van der Waals surface area contributed by atoms with Crippen molar-refractivity contribution in [2.45, 2.75) is 6.92 Å². The second-order valence-corrected chi connectivity index (χ2v) is 3.94. The highest BCUT2D eigenvalue weighted by Crippen LogP contribution is 2.19. The minimum absolute atomic E-state index is 0.282. The summed E-state index contributed by atoms with van der Waals surface area (Å²) in [5, 5.41) is 4.08. The molecule has 0 aliphatic carbocycles. The average molecular weight is 225 g/mol. The van der Waals surface area contributed by atoms with Gasteiger partial charge in [0.05, 0.1) is 0 Å². The van der Waals surface area contributed by atoms with E-state index < -0.39 is 0 Å². The van der Waals surface area contributed by atoms with Crippen molar-refractivity contribution in [3.8, 4) is 11.1 Å². The Morgan fingerprint density at radius 3 is 2.88 bits per heavy atom. The zero-order valence-electron chi connectivity index (χ0n) is 9.33. The molecule has 0 amide bonds. The third kappa shape index (κ3) is 1.71. The maximum Gasteiger partial charge on any atom is 0.240 e. The number of aromatic nitrogens is 4. The van der Waals surface area contributed by atoms with Gasteiger partial charge in [0.15, 0.2) is 5.65 Å². The molecule has 3 aromatic rings. The van der Waals surface area contributed by atoms with Crippen molar-refractivity contribution in [1.82, 2.24) is 19.6 Å². The lowest BCUT2D eigenvalue weighted by molar-refractivity contribution is 0.969. The van der Waals surface area contributed by atoms with Gasteiger partial charge >= 0.3 is 0 Å². The summed E-state index contributed by atoms with van der Waals surface area (Å²) in [6.07, 6.45) is 5.55. The Labute approximate surface area is 97.9 Å². The van der Waals surface area contributed by atoms with E-state index in [-0.39, 0.29) is 5.95 Å². The number of pyridine rings is 2. The molecule has 5 heteroatoms. The van der Waals surface area contributed by atoms with Crippen LogP contribution >= 0.6 is 0 Å². The summed E-state index contributed by atoms with van der Waals surface area (Å²) in [6.45, 7) is 2.02. The lowest BCUT2D eigenvalue weighted by Gasteiger charge is -2.02. The van der Waals surface area contributed by atoms with Crippen LogP contribution in [0.2, 0.25) is 0 Å². The first-order valence-corrected chi connectivity index (χ1v) is 5.26. The van der Waals surface area contributed by atoms with Crippen LogP contribution in [0.25, 0.3) is 16.8 Å². The van der Waals surface area contributed by atoms with Crippen molar-refractivity contribution >= 4 is 11.6 Å². The largest absolute Gasteiger partial charge is 0.366 e. The molecule has 3 heterocycles. The Hall–Kier alpha value is -2.43. The van der Waals surface area contributed by atoms with E-state index in [4.69, 9.17) is 5.73 Å². The lowest BCUT2D eigenvalue weighted by Crippen LogP contribution is -1.90. The Morgan fingerprint density at radius 2 is 2.06 bits per heavy atom. The summed E-state index contributed by atoms with van der Waals surface area (Å²) < 4.78 is 1.67. The number of rotatable bonds is 1. The van der Waals surface area contributed by atoms with E-state index in [1.54, 1.807) is 4.52 Å². The first-order chi connectivity index (χ1) is 8.22. The van der Waals surface area contributed by atoms with E-state index >= 15 is 0 Å². The van der Waals surface area contributed by atoms with Crippen molar-refractivity contribution in [1.29, 1.82) is 0 Å². The number of aryl methyl sites for hydroxylation is 1. The molecule has 0 fully saturated rings. The van der Waals surface area contributed by atoms with Crippen LogP contribution in [0.3, 0.4) is 0 Å². The minimum Gasteiger partial charge on any atom is -0.366 e. The smallest absolute Gasteiger partial charge is 0.240 e. The summed E-state index contributed by atoms with van der Waals surface area (Å²) in [5.41, 5.74) is 9.51. The van der Waals surface area contributed by atoms with Gasteiger partial charge in [0.1, 0.15) is 0 Å². The Morgan fingerprint density at radius 1 is 1.18 bits per heavy atom. The van der Waals surface area contributed by atoms with Gasteiger partial charge in [0.2, 0.25) is 5.95 Å². The van der Waals surface area contributed by atoms with Crippen molar-refractivity contribution < 1.29 is 0 Å². The van der Waals surface area contributed by atoms with Crippen molar-refractivity contribution in [2.24, 2.45) is 0 Å². The fourth-order valence-electron chi connectivity index (χ4n) is 1.78. The van der Waals surface area contributed by atoms with E-state index in [1.165, 1.54) is 0 Å². The maximum absolute atomic E-state index is 5.55. The quantitative estimate of drug-likeness (QED) is 0.684. The van der Waals surface area contributed by atoms with Gasteiger partial charge in [-0.3, -0.25) is 4.98 Å². The second kappa shape index (κ2) is 3.55. The third-order valence-corrected chi connectivity index (χ3v) is 2.56. The monoisotopic (exact) mass is 225 g/mol. The molecule has 84 valence electrons. The molecule has 3 aromatic heterocycles. The van der Waals surface area contributed by atoms with Gasteiger partial charge < -0.3 is 5.73 Å². The van der Waals surface area contributed by atoms with Crippen LogP contribution in [0, 0.1) is 6.92 Å². The van der Waals surface area contributed by atoms with Crippen LogP contribution in [0.5, 0.6) is 0 Å². The van der Waals surface area contributed by atoms with Crippen LogP contribution in [0.15, 0.2) is 36.8 Å². The van der Waals surface area contributed by atoms with Gasteiger partial charge in [-0.15, -0.1) is 5.10 Å². The zero-order valence-corrected chi connectivity index (χ0v) is 9.33. The summed E-state index contributed by atoms with van der Waals surface area (Å²) in [4.78, 5) is 8.26. The summed E-state index contributed by atoms with van der Waals surface area (Å²) in [7, 11) is 0. The van der Waals surface area contributed by atoms with Crippen molar-refractivity contribution in [3.05, 3.63) is 42.4 Å². The minimum atomic E-state index is 0.282. The second-order valence-electron chi connectivity index (χ2n) is 3.94. The van der Waals surface area contributed by atoms with Crippen LogP contribution in [0.4, 0.5) is 5.95 Å². The van der Waals surface area contributed by atoms with Crippen LogP contribution < -0.4 is 5.73 Å². The van der Waals surface area contributed by atoms with E-state index in [9.17, 15) is 0 Å². The van der Waals surface area contributed by atoms with Gasteiger partial charge in [0, 0.05) is 29.7 Å². The number of nitrogens with zero attached hydrogens (tertiary/aromatic N) is 4. The van der Waals surface area contributed by atoms with Crippen molar-refractivity contribution in [2.75, 3.05) is 5.73 Å². The van der Waals surface area contributed by atoms with Gasteiger partial charge in [-0.25, -0.2) is 4.52 Å². The standard InChI is InChI=1S/C12H11N5/c1-8-4-10(6-14-5-8)9-2-3-11-15-12(13)16-17(11)7-9/h2-7H,1H3,(H2,13,16). The molecule has 0 bridgehead atoms. The number of hydrogen-bond acceptors (Lipinski definition) is 4. The molecule has 0 aromatic carbocycles. The lowest BCUT2D eigenvalue weighted by atomic mass is 10.1. The topological polar surface area (TPSA) is 69.1 Å². The molecule has 2 N–H and O–H groups in total. The van der Waals surface area contributed by atoms with Gasteiger partial charge in [0.25, 0.3) is 0 Å². The number of anilines is 1. The van der Waals surface area contributed by atoms with E-state index in [2.05, 4.69) is 21.1 Å². The fourth-order valence-corrected chi connectivity index (χ4v) is 1.78. The number of nitrogen functional groups attached to an aromatic ring is 1. The SMILES string of the molecule is Cc1cncc(-c2ccc3nc(N)nn3c2)c1. The number of hydrogen-bond donors (Lipinski definition) is 1. The van der Waals surface area contributed by atoms with Crippen LogP contribution in [0.1, 0.15) is 5.56 Å². The molecule has 0 spiro atoms. The normalized spacial score (nSPS) is 10.9. The predicted octanol–water partition coefficient (Wildman–Crippen LogP) is 1.68. The van der Waals surface area contributed by atoms with Gasteiger partial charge in [-0.1, -0.05) is 0 Å². The molecule has 0 saturated carbocycles. The molecule has 0 unspecified atom stereocenters. The molecule has 3 rings (SSSR count). The average Bonchev–Trinajstić information content (AvgIpc) is 2.68. The molecule has 17 heavy (non-hydrogen) atoms. The molecule has 0 aliphatic heterocycles. The molecular formula is C12H11N5. The van der Waals surface area contributed by atoms with Crippen LogP contribution in [-0.2, 0) is 0 Å².